The van der Waals surface area contributed by atoms with E-state index >= 15 is 0 Å². The molecule has 0 atom stereocenters. The molecule has 2 aromatic carbocycles. The summed E-state index contributed by atoms with van der Waals surface area (Å²) < 4.78 is 11.7. The quantitative estimate of drug-likeness (QED) is 0.545. The zero-order chi connectivity index (χ0) is 20.1. The van der Waals surface area contributed by atoms with Crippen molar-refractivity contribution in [2.45, 2.75) is 13.1 Å². The van der Waals surface area contributed by atoms with Crippen LogP contribution in [0.1, 0.15) is 21.5 Å². The van der Waals surface area contributed by atoms with Gasteiger partial charge in [-0.15, -0.1) is 0 Å². The third-order valence-corrected chi connectivity index (χ3v) is 4.83. The van der Waals surface area contributed by atoms with Crippen LogP contribution in [0.15, 0.2) is 45.9 Å². The van der Waals surface area contributed by atoms with E-state index in [1.54, 1.807) is 26.0 Å². The van der Waals surface area contributed by atoms with Gasteiger partial charge in [0.1, 0.15) is 0 Å². The number of ether oxygens (including phenoxy) is 2. The van der Waals surface area contributed by atoms with E-state index in [0.29, 0.717) is 24.6 Å². The lowest BCUT2D eigenvalue weighted by Gasteiger charge is -2.13. The number of nitrogens with zero attached hydrogens (tertiary/aromatic N) is 2. The van der Waals surface area contributed by atoms with E-state index in [4.69, 9.17) is 9.47 Å². The Bertz CT molecular complexity index is 882. The minimum Gasteiger partial charge on any atom is -0.454 e. The summed E-state index contributed by atoms with van der Waals surface area (Å²) in [7, 11) is 5.21. The van der Waals surface area contributed by atoms with E-state index in [-0.39, 0.29) is 12.7 Å². The molecule has 0 radical (unpaired) electrons. The lowest BCUT2D eigenvalue weighted by Crippen LogP contribution is -2.36. The van der Waals surface area contributed by atoms with Crippen LogP contribution in [0, 0.1) is 0 Å². The molecule has 0 saturated carbocycles. The Morgan fingerprint density at radius 2 is 1.79 bits per heavy atom. The van der Waals surface area contributed by atoms with Crippen molar-refractivity contribution in [3.63, 3.8) is 0 Å². The van der Waals surface area contributed by atoms with Crippen LogP contribution < -0.4 is 20.1 Å². The number of carbonyl (C=O) groups excluding carboxylic acids is 1. The number of nitrogens with one attached hydrogen (secondary N) is 2. The molecule has 1 heterocycles. The number of hydrogen-bond donors (Lipinski definition) is 2. The first-order chi connectivity index (χ1) is 13.5. The first-order valence-corrected chi connectivity index (χ1v) is 9.60. The van der Waals surface area contributed by atoms with Crippen molar-refractivity contribution in [2.24, 2.45) is 4.99 Å². The Morgan fingerprint density at radius 3 is 2.43 bits per heavy atom. The molecule has 1 aliphatic heterocycles. The lowest BCUT2D eigenvalue weighted by molar-refractivity contribution is 0.0827. The van der Waals surface area contributed by atoms with Crippen LogP contribution in [0.25, 0.3) is 0 Å². The topological polar surface area (TPSA) is 75.2 Å². The minimum absolute atomic E-state index is 0.00753. The molecule has 2 N–H and O–H groups in total. The van der Waals surface area contributed by atoms with E-state index in [0.717, 1.165) is 27.1 Å². The highest BCUT2D eigenvalue weighted by Gasteiger charge is 2.18. The molecule has 0 aliphatic carbocycles. The van der Waals surface area contributed by atoms with Crippen LogP contribution in [0.4, 0.5) is 0 Å². The zero-order valence-electron chi connectivity index (χ0n) is 16.1. The summed E-state index contributed by atoms with van der Waals surface area (Å²) in [6, 6.07) is 11.5. The second-order valence-electron chi connectivity index (χ2n) is 6.49. The molecule has 28 heavy (non-hydrogen) atoms. The number of carbonyl (C=O) groups is 1. The lowest BCUT2D eigenvalue weighted by atomic mass is 10.1. The average Bonchev–Trinajstić information content (AvgIpc) is 3.17. The van der Waals surface area contributed by atoms with Crippen molar-refractivity contribution in [2.75, 3.05) is 27.9 Å². The van der Waals surface area contributed by atoms with Gasteiger partial charge in [0, 0.05) is 39.8 Å². The summed E-state index contributed by atoms with van der Waals surface area (Å²) in [5.74, 6) is 2.15. The molecule has 148 valence electrons. The van der Waals surface area contributed by atoms with Crippen LogP contribution >= 0.6 is 15.9 Å². The second kappa shape index (κ2) is 8.97. The van der Waals surface area contributed by atoms with Crippen LogP contribution in [0.3, 0.4) is 0 Å². The highest BCUT2D eigenvalue weighted by molar-refractivity contribution is 9.10. The molecule has 0 fully saturated rings. The van der Waals surface area contributed by atoms with Crippen LogP contribution in [0.5, 0.6) is 11.5 Å². The number of guanidine groups is 1. The molecule has 1 amide bonds. The van der Waals surface area contributed by atoms with Crippen molar-refractivity contribution in [3.05, 3.63) is 57.6 Å². The summed E-state index contributed by atoms with van der Waals surface area (Å²) in [6.07, 6.45) is 0. The van der Waals surface area contributed by atoms with Gasteiger partial charge in [0.05, 0.1) is 4.47 Å². The molecule has 0 aromatic heterocycles. The SMILES string of the molecule is CN=C(NCc1ccc(C(=O)N(C)C)cc1)NCc1cc(Br)c2c(c1)OCO2. The van der Waals surface area contributed by atoms with Crippen LogP contribution in [-0.4, -0.2) is 44.7 Å². The van der Waals surface area contributed by atoms with E-state index in [9.17, 15) is 4.79 Å². The highest BCUT2D eigenvalue weighted by atomic mass is 79.9. The Balaban J connectivity index is 1.54. The van der Waals surface area contributed by atoms with E-state index < -0.39 is 0 Å². The normalized spacial score (nSPS) is 12.6. The number of aliphatic imine (C=N–C) groups is 1. The van der Waals surface area contributed by atoms with Gasteiger partial charge in [0.2, 0.25) is 6.79 Å². The van der Waals surface area contributed by atoms with Gasteiger partial charge in [-0.3, -0.25) is 9.79 Å². The van der Waals surface area contributed by atoms with Gasteiger partial charge >= 0.3 is 0 Å². The third kappa shape index (κ3) is 4.75. The molecule has 3 rings (SSSR count). The van der Waals surface area contributed by atoms with E-state index in [1.807, 2.05) is 36.4 Å². The van der Waals surface area contributed by atoms with Crippen LogP contribution in [0.2, 0.25) is 0 Å². The van der Waals surface area contributed by atoms with Crippen molar-refractivity contribution in [1.29, 1.82) is 0 Å². The number of amides is 1. The maximum atomic E-state index is 11.9. The monoisotopic (exact) mass is 446 g/mol. The highest BCUT2D eigenvalue weighted by Crippen LogP contribution is 2.39. The smallest absolute Gasteiger partial charge is 0.253 e. The Labute approximate surface area is 172 Å². The number of fused-ring (bicyclic) bond motifs is 1. The van der Waals surface area contributed by atoms with Gasteiger partial charge in [-0.2, -0.15) is 0 Å². The molecular formula is C20H23BrN4O3. The van der Waals surface area contributed by atoms with Gasteiger partial charge in [0.15, 0.2) is 17.5 Å². The standard InChI is InChI=1S/C20H23BrN4O3/c1-22-20(23-10-13-4-6-15(7-5-13)19(26)25(2)3)24-11-14-8-16(21)18-17(9-14)27-12-28-18/h4-9H,10-12H2,1-3H3,(H2,22,23,24). The van der Waals surface area contributed by atoms with Crippen molar-refractivity contribution in [3.8, 4) is 11.5 Å². The first-order valence-electron chi connectivity index (χ1n) is 8.81. The van der Waals surface area contributed by atoms with E-state index in [2.05, 4.69) is 31.6 Å². The summed E-state index contributed by atoms with van der Waals surface area (Å²) in [6.45, 7) is 1.43. The zero-order valence-corrected chi connectivity index (χ0v) is 17.7. The Morgan fingerprint density at radius 1 is 1.11 bits per heavy atom. The fraction of sp³-hybridized carbons (Fsp3) is 0.300. The van der Waals surface area contributed by atoms with Gasteiger partial charge in [-0.1, -0.05) is 12.1 Å². The maximum absolute atomic E-state index is 11.9. The fourth-order valence-electron chi connectivity index (χ4n) is 2.74. The van der Waals surface area contributed by atoms with Gasteiger partial charge in [-0.25, -0.2) is 0 Å². The Hall–Kier alpha value is -2.74. The molecule has 8 heteroatoms. The predicted octanol–water partition coefficient (Wildman–Crippen LogP) is 2.74. The molecule has 0 unspecified atom stereocenters. The van der Waals surface area contributed by atoms with Gasteiger partial charge < -0.3 is 25.0 Å². The average molecular weight is 447 g/mol. The summed E-state index contributed by atoms with van der Waals surface area (Å²) >= 11 is 3.50. The third-order valence-electron chi connectivity index (χ3n) is 4.24. The molecule has 2 aromatic rings. The van der Waals surface area contributed by atoms with Crippen molar-refractivity contribution < 1.29 is 14.3 Å². The summed E-state index contributed by atoms with van der Waals surface area (Å²) in [5, 5.41) is 6.55. The summed E-state index contributed by atoms with van der Waals surface area (Å²) in [4.78, 5) is 17.8. The summed E-state index contributed by atoms with van der Waals surface area (Å²) in [5.41, 5.74) is 2.78. The molecule has 0 saturated heterocycles. The fourth-order valence-corrected chi connectivity index (χ4v) is 3.34. The molecule has 0 spiro atoms. The number of halogens is 1. The first kappa shape index (κ1) is 20.0. The van der Waals surface area contributed by atoms with Gasteiger partial charge in [-0.05, 0) is 51.3 Å². The molecule has 1 aliphatic rings. The molecule has 7 nitrogen and oxygen atoms in total. The van der Waals surface area contributed by atoms with Crippen molar-refractivity contribution >= 4 is 27.8 Å². The Kier molecular flexibility index (Phi) is 6.41. The maximum Gasteiger partial charge on any atom is 0.253 e. The predicted molar refractivity (Wildman–Crippen MR) is 112 cm³/mol. The second-order valence-corrected chi connectivity index (χ2v) is 7.34. The number of hydrogen-bond acceptors (Lipinski definition) is 4. The number of benzene rings is 2. The molecular weight excluding hydrogens is 424 g/mol. The van der Waals surface area contributed by atoms with E-state index in [1.165, 1.54) is 0 Å². The minimum atomic E-state index is -0.00753. The van der Waals surface area contributed by atoms with Crippen LogP contribution in [-0.2, 0) is 13.1 Å². The van der Waals surface area contributed by atoms with Crippen molar-refractivity contribution in [1.82, 2.24) is 15.5 Å². The van der Waals surface area contributed by atoms with Gasteiger partial charge in [0.25, 0.3) is 5.91 Å². The molecule has 0 bridgehead atoms. The number of rotatable bonds is 5. The largest absolute Gasteiger partial charge is 0.454 e.